The van der Waals surface area contributed by atoms with Crippen molar-refractivity contribution in [3.05, 3.63) is 82.7 Å². The van der Waals surface area contributed by atoms with E-state index in [0.29, 0.717) is 30.8 Å². The highest BCUT2D eigenvalue weighted by Gasteiger charge is 2.08. The van der Waals surface area contributed by atoms with Gasteiger partial charge in [0.15, 0.2) is 5.65 Å². The van der Waals surface area contributed by atoms with Gasteiger partial charge in [0.25, 0.3) is 0 Å². The summed E-state index contributed by atoms with van der Waals surface area (Å²) in [6, 6.07) is 12.9. The molecule has 0 aliphatic rings. The minimum Gasteiger partial charge on any atom is -0.326 e. The summed E-state index contributed by atoms with van der Waals surface area (Å²) < 4.78 is 4.67. The van der Waals surface area contributed by atoms with E-state index >= 15 is 0 Å². The number of nitrogens with one attached hydrogen (secondary N) is 1. The SMILES string of the molecule is Cc1cnn(CCC(=O)Nc2cccc(Cn3nc4ccccn4c3=O)c2)c1. The molecular formula is C20H20N6O2. The van der Waals surface area contributed by atoms with Crippen molar-refractivity contribution < 1.29 is 4.79 Å². The third-order valence-corrected chi connectivity index (χ3v) is 4.36. The predicted molar refractivity (Wildman–Crippen MR) is 105 cm³/mol. The number of hydrogen-bond donors (Lipinski definition) is 1. The summed E-state index contributed by atoms with van der Waals surface area (Å²) in [5, 5.41) is 11.4. The number of amides is 1. The largest absolute Gasteiger partial charge is 0.350 e. The van der Waals surface area contributed by atoms with Gasteiger partial charge < -0.3 is 5.32 Å². The van der Waals surface area contributed by atoms with E-state index in [4.69, 9.17) is 0 Å². The van der Waals surface area contributed by atoms with Crippen LogP contribution < -0.4 is 11.0 Å². The number of nitrogens with zero attached hydrogens (tertiary/aromatic N) is 5. The van der Waals surface area contributed by atoms with E-state index in [1.54, 1.807) is 29.2 Å². The standard InChI is InChI=1S/C20H20N6O2/c1-15-12-21-24(13-15)10-8-19(27)22-17-6-4-5-16(11-17)14-26-20(28)25-9-3-2-7-18(25)23-26/h2-7,9,11-13H,8,10,14H2,1H3,(H,22,27). The Bertz CT molecular complexity index is 1190. The molecule has 8 heteroatoms. The number of rotatable bonds is 6. The average Bonchev–Trinajstić information content (AvgIpc) is 3.24. The van der Waals surface area contributed by atoms with Gasteiger partial charge in [-0.05, 0) is 42.3 Å². The van der Waals surface area contributed by atoms with Crippen molar-refractivity contribution >= 4 is 17.2 Å². The van der Waals surface area contributed by atoms with Gasteiger partial charge in [0, 0.05) is 31.0 Å². The van der Waals surface area contributed by atoms with Crippen molar-refractivity contribution in [3.8, 4) is 0 Å². The molecule has 3 heterocycles. The minimum atomic E-state index is -0.195. The Morgan fingerprint density at radius 3 is 2.86 bits per heavy atom. The monoisotopic (exact) mass is 376 g/mol. The Balaban J connectivity index is 1.43. The Hall–Kier alpha value is -3.68. The minimum absolute atomic E-state index is 0.0878. The summed E-state index contributed by atoms with van der Waals surface area (Å²) >= 11 is 0. The van der Waals surface area contributed by atoms with Gasteiger partial charge in [-0.1, -0.05) is 18.2 Å². The first kappa shape index (κ1) is 17.7. The molecule has 0 spiro atoms. The molecule has 0 bridgehead atoms. The van der Waals surface area contributed by atoms with E-state index in [1.165, 1.54) is 9.08 Å². The first-order valence-corrected chi connectivity index (χ1v) is 9.00. The Morgan fingerprint density at radius 2 is 2.07 bits per heavy atom. The van der Waals surface area contributed by atoms with Crippen molar-refractivity contribution in [2.75, 3.05) is 5.32 Å². The third-order valence-electron chi connectivity index (χ3n) is 4.36. The summed E-state index contributed by atoms with van der Waals surface area (Å²) in [5.41, 5.74) is 3.04. The lowest BCUT2D eigenvalue weighted by atomic mass is 10.2. The summed E-state index contributed by atoms with van der Waals surface area (Å²) in [4.78, 5) is 24.6. The van der Waals surface area contributed by atoms with Crippen LogP contribution in [-0.2, 0) is 17.9 Å². The van der Waals surface area contributed by atoms with Crippen LogP contribution in [0.25, 0.3) is 5.65 Å². The van der Waals surface area contributed by atoms with Crippen LogP contribution in [0.5, 0.6) is 0 Å². The van der Waals surface area contributed by atoms with E-state index in [1.807, 2.05) is 43.5 Å². The third kappa shape index (κ3) is 3.85. The predicted octanol–water partition coefficient (Wildman–Crippen LogP) is 2.08. The van der Waals surface area contributed by atoms with Crippen molar-refractivity contribution in [3.63, 3.8) is 0 Å². The van der Waals surface area contributed by atoms with Crippen LogP contribution in [0, 0.1) is 6.92 Å². The topological polar surface area (TPSA) is 86.2 Å². The molecule has 142 valence electrons. The van der Waals surface area contributed by atoms with Gasteiger partial charge in [-0.3, -0.25) is 13.9 Å². The molecule has 0 unspecified atom stereocenters. The fourth-order valence-electron chi connectivity index (χ4n) is 3.02. The smallest absolute Gasteiger partial charge is 0.326 e. The van der Waals surface area contributed by atoms with Crippen molar-refractivity contribution in [2.45, 2.75) is 26.4 Å². The number of fused-ring (bicyclic) bond motifs is 1. The highest BCUT2D eigenvalue weighted by Crippen LogP contribution is 2.12. The molecule has 1 amide bonds. The number of benzene rings is 1. The van der Waals surface area contributed by atoms with Crippen molar-refractivity contribution in [2.24, 2.45) is 0 Å². The Kier molecular flexibility index (Phi) is 4.76. The Morgan fingerprint density at radius 1 is 1.18 bits per heavy atom. The first-order chi connectivity index (χ1) is 13.6. The van der Waals surface area contributed by atoms with E-state index in [2.05, 4.69) is 15.5 Å². The number of aryl methyl sites for hydroxylation is 2. The lowest BCUT2D eigenvalue weighted by Gasteiger charge is -2.07. The lowest BCUT2D eigenvalue weighted by Crippen LogP contribution is -2.21. The first-order valence-electron chi connectivity index (χ1n) is 9.00. The van der Waals surface area contributed by atoms with Gasteiger partial charge in [-0.15, -0.1) is 5.10 Å². The highest BCUT2D eigenvalue weighted by molar-refractivity contribution is 5.90. The van der Waals surface area contributed by atoms with Crippen LogP contribution in [0.3, 0.4) is 0 Å². The van der Waals surface area contributed by atoms with Crippen LogP contribution in [0.4, 0.5) is 5.69 Å². The second-order valence-electron chi connectivity index (χ2n) is 6.65. The molecule has 0 fully saturated rings. The number of pyridine rings is 1. The van der Waals surface area contributed by atoms with Gasteiger partial charge in [0.05, 0.1) is 12.7 Å². The molecular weight excluding hydrogens is 356 g/mol. The van der Waals surface area contributed by atoms with E-state index < -0.39 is 0 Å². The molecule has 3 aromatic heterocycles. The summed E-state index contributed by atoms with van der Waals surface area (Å²) in [5.74, 6) is -0.0878. The average molecular weight is 376 g/mol. The van der Waals surface area contributed by atoms with Crippen LogP contribution in [0.15, 0.2) is 65.8 Å². The molecule has 4 rings (SSSR count). The van der Waals surface area contributed by atoms with Gasteiger partial charge in [0.2, 0.25) is 5.91 Å². The van der Waals surface area contributed by atoms with Crippen LogP contribution in [0.1, 0.15) is 17.5 Å². The van der Waals surface area contributed by atoms with Gasteiger partial charge >= 0.3 is 5.69 Å². The van der Waals surface area contributed by atoms with E-state index in [0.717, 1.165) is 11.1 Å². The zero-order valence-electron chi connectivity index (χ0n) is 15.4. The number of hydrogen-bond acceptors (Lipinski definition) is 4. The van der Waals surface area contributed by atoms with Gasteiger partial charge in [0.1, 0.15) is 0 Å². The van der Waals surface area contributed by atoms with Crippen molar-refractivity contribution in [1.82, 2.24) is 24.0 Å². The number of anilines is 1. The summed E-state index contributed by atoms with van der Waals surface area (Å²) in [6.45, 7) is 2.82. The molecule has 4 aromatic rings. The van der Waals surface area contributed by atoms with Crippen LogP contribution >= 0.6 is 0 Å². The molecule has 0 aliphatic heterocycles. The summed E-state index contributed by atoms with van der Waals surface area (Å²) in [7, 11) is 0. The maximum atomic E-state index is 12.4. The molecule has 0 atom stereocenters. The molecule has 8 nitrogen and oxygen atoms in total. The number of aromatic nitrogens is 5. The van der Waals surface area contributed by atoms with Crippen molar-refractivity contribution in [1.29, 1.82) is 0 Å². The molecule has 0 aliphatic carbocycles. The maximum Gasteiger partial charge on any atom is 0.350 e. The molecule has 0 saturated heterocycles. The Labute approximate surface area is 161 Å². The molecule has 1 aromatic carbocycles. The fraction of sp³-hybridized carbons (Fsp3) is 0.200. The zero-order chi connectivity index (χ0) is 19.5. The number of carbonyl (C=O) groups excluding carboxylic acids is 1. The fourth-order valence-corrected chi connectivity index (χ4v) is 3.02. The maximum absolute atomic E-state index is 12.4. The second-order valence-corrected chi connectivity index (χ2v) is 6.65. The van der Waals surface area contributed by atoms with E-state index in [9.17, 15) is 9.59 Å². The molecule has 0 saturated carbocycles. The second kappa shape index (κ2) is 7.51. The zero-order valence-corrected chi connectivity index (χ0v) is 15.4. The van der Waals surface area contributed by atoms with Gasteiger partial charge in [-0.25, -0.2) is 9.48 Å². The molecule has 1 N–H and O–H groups in total. The normalized spacial score (nSPS) is 11.0. The summed E-state index contributed by atoms with van der Waals surface area (Å²) in [6.07, 6.45) is 5.69. The quantitative estimate of drug-likeness (QED) is 0.558. The highest BCUT2D eigenvalue weighted by atomic mass is 16.2. The molecule has 28 heavy (non-hydrogen) atoms. The van der Waals surface area contributed by atoms with Gasteiger partial charge in [-0.2, -0.15) is 5.10 Å². The lowest BCUT2D eigenvalue weighted by molar-refractivity contribution is -0.116. The van der Waals surface area contributed by atoms with E-state index in [-0.39, 0.29) is 11.6 Å². The van der Waals surface area contributed by atoms with Crippen LogP contribution in [0.2, 0.25) is 0 Å². The van der Waals surface area contributed by atoms with Crippen LogP contribution in [-0.4, -0.2) is 29.9 Å². The number of carbonyl (C=O) groups is 1. The molecule has 0 radical (unpaired) electrons.